The average molecular weight is 223 g/mol. The van der Waals surface area contributed by atoms with Gasteiger partial charge in [-0.1, -0.05) is 31.4 Å². The smallest absolute Gasteiger partial charge is 0.214 e. The molecule has 0 unspecified atom stereocenters. The highest BCUT2D eigenvalue weighted by Gasteiger charge is 2.11. The van der Waals surface area contributed by atoms with E-state index >= 15 is 0 Å². The Balaban J connectivity index is 3.38. The fraction of sp³-hybridized carbons (Fsp3) is 0.0909. The maximum absolute atomic E-state index is 11.5. The van der Waals surface area contributed by atoms with Crippen LogP contribution in [0.2, 0.25) is 0 Å². The summed E-state index contributed by atoms with van der Waals surface area (Å²) in [6.45, 7) is 7.26. The molecule has 0 spiro atoms. The van der Waals surface area contributed by atoms with Gasteiger partial charge in [0.25, 0.3) is 0 Å². The molecule has 0 amide bonds. The lowest BCUT2D eigenvalue weighted by molar-refractivity contribution is 0.588. The van der Waals surface area contributed by atoms with Gasteiger partial charge >= 0.3 is 0 Å². The Kier molecular flexibility index (Phi) is 3.44. The summed E-state index contributed by atoms with van der Waals surface area (Å²) < 4.78 is 25.3. The standard InChI is InChI=1S/C11H13NO2S/c1-4-9-6-7-11(8-10(9)5-2)15(13,14)12-3/h4-8,12H,1-2H2,3H3. The van der Waals surface area contributed by atoms with Crippen molar-refractivity contribution in [2.45, 2.75) is 4.90 Å². The molecule has 1 rings (SSSR count). The second-order valence-corrected chi connectivity index (χ2v) is 4.79. The van der Waals surface area contributed by atoms with Crippen LogP contribution < -0.4 is 4.72 Å². The number of hydrogen-bond donors (Lipinski definition) is 1. The van der Waals surface area contributed by atoms with E-state index in [2.05, 4.69) is 17.9 Å². The van der Waals surface area contributed by atoms with E-state index < -0.39 is 10.0 Å². The fourth-order valence-corrected chi connectivity index (χ4v) is 1.97. The molecule has 1 N–H and O–H groups in total. The fourth-order valence-electron chi connectivity index (χ4n) is 1.20. The molecule has 0 aliphatic carbocycles. The SMILES string of the molecule is C=Cc1ccc(S(=O)(=O)NC)cc1C=C. The van der Waals surface area contributed by atoms with E-state index in [1.54, 1.807) is 24.3 Å². The lowest BCUT2D eigenvalue weighted by Gasteiger charge is -2.05. The molecule has 1 aromatic carbocycles. The zero-order valence-electron chi connectivity index (χ0n) is 8.53. The Morgan fingerprint density at radius 2 is 1.80 bits per heavy atom. The second-order valence-electron chi connectivity index (χ2n) is 2.91. The van der Waals surface area contributed by atoms with Gasteiger partial charge in [-0.15, -0.1) is 0 Å². The van der Waals surface area contributed by atoms with Crippen LogP contribution in [-0.4, -0.2) is 15.5 Å². The highest BCUT2D eigenvalue weighted by atomic mass is 32.2. The summed E-state index contributed by atoms with van der Waals surface area (Å²) in [7, 11) is -2.01. The van der Waals surface area contributed by atoms with Crippen LogP contribution in [0.25, 0.3) is 12.2 Å². The maximum atomic E-state index is 11.5. The molecule has 0 radical (unpaired) electrons. The first-order chi connectivity index (χ1) is 7.05. The number of hydrogen-bond acceptors (Lipinski definition) is 2. The first-order valence-electron chi connectivity index (χ1n) is 4.37. The zero-order valence-corrected chi connectivity index (χ0v) is 9.34. The van der Waals surface area contributed by atoms with Crippen LogP contribution in [0.1, 0.15) is 11.1 Å². The van der Waals surface area contributed by atoms with Crippen molar-refractivity contribution in [3.8, 4) is 0 Å². The predicted octanol–water partition coefficient (Wildman–Crippen LogP) is 1.88. The van der Waals surface area contributed by atoms with E-state index in [9.17, 15) is 8.42 Å². The van der Waals surface area contributed by atoms with Crippen molar-refractivity contribution in [2.24, 2.45) is 0 Å². The molecule has 0 bridgehead atoms. The topological polar surface area (TPSA) is 46.2 Å². The first-order valence-corrected chi connectivity index (χ1v) is 5.86. The molecule has 0 aromatic heterocycles. The van der Waals surface area contributed by atoms with Gasteiger partial charge in [0.15, 0.2) is 0 Å². The van der Waals surface area contributed by atoms with E-state index in [0.29, 0.717) is 0 Å². The Morgan fingerprint density at radius 3 is 2.27 bits per heavy atom. The third-order valence-electron chi connectivity index (χ3n) is 2.08. The lowest BCUT2D eigenvalue weighted by Crippen LogP contribution is -2.18. The minimum atomic E-state index is -3.39. The Labute approximate surface area is 90.2 Å². The minimum absolute atomic E-state index is 0.227. The summed E-state index contributed by atoms with van der Waals surface area (Å²) in [5.41, 5.74) is 1.61. The first kappa shape index (κ1) is 11.7. The van der Waals surface area contributed by atoms with E-state index in [4.69, 9.17) is 0 Å². The molecule has 0 atom stereocenters. The molecule has 3 nitrogen and oxygen atoms in total. The molecular formula is C11H13NO2S. The van der Waals surface area contributed by atoms with Gasteiger partial charge in [0, 0.05) is 0 Å². The Bertz CT molecular complexity index is 489. The van der Waals surface area contributed by atoms with Crippen LogP contribution in [0.4, 0.5) is 0 Å². The van der Waals surface area contributed by atoms with E-state index in [0.717, 1.165) is 11.1 Å². The molecule has 0 aliphatic heterocycles. The number of benzene rings is 1. The van der Waals surface area contributed by atoms with Crippen molar-refractivity contribution in [2.75, 3.05) is 7.05 Å². The third-order valence-corrected chi connectivity index (χ3v) is 3.49. The normalized spacial score (nSPS) is 11.0. The zero-order chi connectivity index (χ0) is 11.5. The molecule has 15 heavy (non-hydrogen) atoms. The van der Waals surface area contributed by atoms with Gasteiger partial charge in [-0.2, -0.15) is 0 Å². The Morgan fingerprint density at radius 1 is 1.20 bits per heavy atom. The van der Waals surface area contributed by atoms with E-state index in [1.165, 1.54) is 13.1 Å². The molecule has 4 heteroatoms. The summed E-state index contributed by atoms with van der Waals surface area (Å²) in [5.74, 6) is 0. The third kappa shape index (κ3) is 2.34. The Hall–Kier alpha value is -1.39. The van der Waals surface area contributed by atoms with E-state index in [-0.39, 0.29) is 4.90 Å². The van der Waals surface area contributed by atoms with Gasteiger partial charge in [-0.3, -0.25) is 0 Å². The van der Waals surface area contributed by atoms with Crippen LogP contribution >= 0.6 is 0 Å². The molecule has 80 valence electrons. The van der Waals surface area contributed by atoms with Crippen molar-refractivity contribution in [1.82, 2.24) is 4.72 Å². The number of sulfonamides is 1. The summed E-state index contributed by atoms with van der Waals surface area (Å²) >= 11 is 0. The second kappa shape index (κ2) is 4.42. The monoisotopic (exact) mass is 223 g/mol. The molecular weight excluding hydrogens is 210 g/mol. The van der Waals surface area contributed by atoms with Gasteiger partial charge in [0.2, 0.25) is 10.0 Å². The molecule has 0 saturated heterocycles. The highest BCUT2D eigenvalue weighted by molar-refractivity contribution is 7.89. The molecule has 1 aromatic rings. The summed E-state index contributed by atoms with van der Waals surface area (Å²) in [4.78, 5) is 0.227. The number of nitrogens with one attached hydrogen (secondary N) is 1. The largest absolute Gasteiger partial charge is 0.240 e. The maximum Gasteiger partial charge on any atom is 0.240 e. The number of rotatable bonds is 4. The van der Waals surface area contributed by atoms with Gasteiger partial charge < -0.3 is 0 Å². The average Bonchev–Trinajstić information content (AvgIpc) is 2.28. The van der Waals surface area contributed by atoms with Crippen molar-refractivity contribution >= 4 is 22.2 Å². The van der Waals surface area contributed by atoms with Gasteiger partial charge in [-0.25, -0.2) is 13.1 Å². The quantitative estimate of drug-likeness (QED) is 0.847. The van der Waals surface area contributed by atoms with E-state index in [1.807, 2.05) is 0 Å². The van der Waals surface area contributed by atoms with Crippen LogP contribution in [-0.2, 0) is 10.0 Å². The van der Waals surface area contributed by atoms with Crippen LogP contribution in [0.15, 0.2) is 36.3 Å². The van der Waals surface area contributed by atoms with Crippen molar-refractivity contribution in [3.05, 3.63) is 42.5 Å². The van der Waals surface area contributed by atoms with Gasteiger partial charge in [0.1, 0.15) is 0 Å². The van der Waals surface area contributed by atoms with Crippen molar-refractivity contribution in [1.29, 1.82) is 0 Å². The summed E-state index contributed by atoms with van der Waals surface area (Å²) in [6.07, 6.45) is 3.26. The molecule has 0 aliphatic rings. The molecule has 0 saturated carbocycles. The molecule has 0 fully saturated rings. The predicted molar refractivity (Wildman–Crippen MR) is 62.9 cm³/mol. The van der Waals surface area contributed by atoms with Crippen LogP contribution in [0, 0.1) is 0 Å². The lowest BCUT2D eigenvalue weighted by atomic mass is 10.1. The summed E-state index contributed by atoms with van der Waals surface area (Å²) in [6, 6.07) is 4.81. The van der Waals surface area contributed by atoms with Gasteiger partial charge in [-0.05, 0) is 30.3 Å². The van der Waals surface area contributed by atoms with Crippen LogP contribution in [0.3, 0.4) is 0 Å². The summed E-state index contributed by atoms with van der Waals surface area (Å²) in [5, 5.41) is 0. The van der Waals surface area contributed by atoms with Gasteiger partial charge in [0.05, 0.1) is 4.90 Å². The molecule has 0 heterocycles. The minimum Gasteiger partial charge on any atom is -0.214 e. The van der Waals surface area contributed by atoms with Crippen molar-refractivity contribution in [3.63, 3.8) is 0 Å². The highest BCUT2D eigenvalue weighted by Crippen LogP contribution is 2.17. The van der Waals surface area contributed by atoms with Crippen LogP contribution in [0.5, 0.6) is 0 Å². The van der Waals surface area contributed by atoms with Crippen molar-refractivity contribution < 1.29 is 8.42 Å².